The Balaban J connectivity index is 1.81. The van der Waals surface area contributed by atoms with E-state index in [1.807, 2.05) is 12.3 Å². The second kappa shape index (κ2) is 3.56. The van der Waals surface area contributed by atoms with E-state index in [2.05, 4.69) is 29.2 Å². The summed E-state index contributed by atoms with van der Waals surface area (Å²) in [6.07, 6.45) is 6.42. The number of aryl methyl sites for hydroxylation is 1. The molecule has 1 aliphatic carbocycles. The van der Waals surface area contributed by atoms with Gasteiger partial charge in [-0.05, 0) is 49.4 Å². The maximum absolute atomic E-state index is 6.09. The zero-order valence-corrected chi connectivity index (χ0v) is 9.32. The van der Waals surface area contributed by atoms with Crippen molar-refractivity contribution in [3.63, 3.8) is 0 Å². The summed E-state index contributed by atoms with van der Waals surface area (Å²) in [5.41, 5.74) is 8.69. The minimum atomic E-state index is 0.157. The first-order valence-corrected chi connectivity index (χ1v) is 5.88. The predicted octanol–water partition coefficient (Wildman–Crippen LogP) is 2.66. The highest BCUT2D eigenvalue weighted by atomic mass is 14.8. The van der Waals surface area contributed by atoms with Crippen LogP contribution in [0.2, 0.25) is 0 Å². The second-order valence-electron chi connectivity index (χ2n) is 4.89. The summed E-state index contributed by atoms with van der Waals surface area (Å²) in [5.74, 6) is 0. The van der Waals surface area contributed by atoms with Gasteiger partial charge < -0.3 is 5.73 Å². The van der Waals surface area contributed by atoms with Crippen molar-refractivity contribution in [3.8, 4) is 0 Å². The van der Waals surface area contributed by atoms with Gasteiger partial charge in [-0.3, -0.25) is 4.98 Å². The minimum absolute atomic E-state index is 0.157. The molecule has 1 aliphatic rings. The molecule has 0 atom stereocenters. The molecule has 1 aromatic heterocycles. The average Bonchev–Trinajstić information content (AvgIpc) is 3.05. The lowest BCUT2D eigenvalue weighted by Gasteiger charge is -2.08. The topological polar surface area (TPSA) is 38.9 Å². The highest BCUT2D eigenvalue weighted by molar-refractivity contribution is 5.78. The van der Waals surface area contributed by atoms with Crippen molar-refractivity contribution in [2.24, 2.45) is 5.73 Å². The average molecular weight is 212 g/mol. The third kappa shape index (κ3) is 1.93. The molecule has 0 unspecified atom stereocenters. The van der Waals surface area contributed by atoms with Crippen LogP contribution < -0.4 is 5.73 Å². The van der Waals surface area contributed by atoms with Crippen molar-refractivity contribution in [2.45, 2.75) is 31.2 Å². The number of fused-ring (bicyclic) bond motifs is 1. The van der Waals surface area contributed by atoms with Crippen LogP contribution in [0.25, 0.3) is 10.9 Å². The van der Waals surface area contributed by atoms with Gasteiger partial charge in [0.25, 0.3) is 0 Å². The Labute approximate surface area is 95.5 Å². The molecule has 1 fully saturated rings. The Morgan fingerprint density at radius 3 is 2.94 bits per heavy atom. The summed E-state index contributed by atoms with van der Waals surface area (Å²) in [6, 6.07) is 10.6. The molecule has 82 valence electrons. The van der Waals surface area contributed by atoms with Crippen LogP contribution in [-0.2, 0) is 6.42 Å². The fraction of sp³-hybridized carbons (Fsp3) is 0.357. The molecule has 0 saturated heterocycles. The van der Waals surface area contributed by atoms with E-state index in [9.17, 15) is 0 Å². The lowest BCUT2D eigenvalue weighted by Crippen LogP contribution is -2.22. The lowest BCUT2D eigenvalue weighted by atomic mass is 10.0. The second-order valence-corrected chi connectivity index (χ2v) is 4.89. The van der Waals surface area contributed by atoms with E-state index >= 15 is 0 Å². The first-order valence-electron chi connectivity index (χ1n) is 5.88. The van der Waals surface area contributed by atoms with Gasteiger partial charge in [-0.25, -0.2) is 0 Å². The molecule has 0 amide bonds. The van der Waals surface area contributed by atoms with Crippen LogP contribution >= 0.6 is 0 Å². The summed E-state index contributed by atoms with van der Waals surface area (Å²) in [4.78, 5) is 4.32. The van der Waals surface area contributed by atoms with E-state index in [1.165, 1.54) is 23.8 Å². The highest BCUT2D eigenvalue weighted by Crippen LogP contribution is 2.36. The Kier molecular flexibility index (Phi) is 2.18. The number of rotatable bonds is 3. The molecule has 2 aromatic rings. The van der Waals surface area contributed by atoms with Crippen molar-refractivity contribution < 1.29 is 0 Å². The van der Waals surface area contributed by atoms with Crippen LogP contribution in [0.4, 0.5) is 0 Å². The van der Waals surface area contributed by atoms with E-state index in [0.29, 0.717) is 0 Å². The standard InChI is InChI=1S/C14H16N2/c15-14(7-8-14)6-5-11-3-4-13-12(10-11)2-1-9-16-13/h1-4,9-10H,5-8,15H2. The van der Waals surface area contributed by atoms with Crippen LogP contribution in [0, 0.1) is 0 Å². The molecule has 1 heterocycles. The van der Waals surface area contributed by atoms with Crippen LogP contribution in [-0.4, -0.2) is 10.5 Å². The fourth-order valence-corrected chi connectivity index (χ4v) is 2.08. The van der Waals surface area contributed by atoms with Gasteiger partial charge in [0.05, 0.1) is 5.52 Å². The predicted molar refractivity (Wildman–Crippen MR) is 66.2 cm³/mol. The summed E-state index contributed by atoms with van der Waals surface area (Å²) in [6.45, 7) is 0. The van der Waals surface area contributed by atoms with Gasteiger partial charge in [0, 0.05) is 17.1 Å². The number of pyridine rings is 1. The van der Waals surface area contributed by atoms with Gasteiger partial charge in [-0.15, -0.1) is 0 Å². The molecular formula is C14H16N2. The first-order chi connectivity index (χ1) is 7.75. The van der Waals surface area contributed by atoms with Crippen molar-refractivity contribution in [1.29, 1.82) is 0 Å². The van der Waals surface area contributed by atoms with Gasteiger partial charge in [0.2, 0.25) is 0 Å². The van der Waals surface area contributed by atoms with Crippen molar-refractivity contribution in [2.75, 3.05) is 0 Å². The van der Waals surface area contributed by atoms with Crippen molar-refractivity contribution in [1.82, 2.24) is 4.98 Å². The number of benzene rings is 1. The maximum atomic E-state index is 6.09. The molecular weight excluding hydrogens is 196 g/mol. The smallest absolute Gasteiger partial charge is 0.0702 e. The van der Waals surface area contributed by atoms with Crippen LogP contribution in [0.1, 0.15) is 24.8 Å². The molecule has 16 heavy (non-hydrogen) atoms. The van der Waals surface area contributed by atoms with Gasteiger partial charge in [0.1, 0.15) is 0 Å². The van der Waals surface area contributed by atoms with E-state index in [4.69, 9.17) is 5.73 Å². The van der Waals surface area contributed by atoms with Gasteiger partial charge in [0.15, 0.2) is 0 Å². The molecule has 1 aromatic carbocycles. The Bertz CT molecular complexity index is 515. The molecule has 2 nitrogen and oxygen atoms in total. The molecule has 1 saturated carbocycles. The third-order valence-electron chi connectivity index (χ3n) is 3.47. The molecule has 3 rings (SSSR count). The maximum Gasteiger partial charge on any atom is 0.0702 e. The Hall–Kier alpha value is -1.41. The monoisotopic (exact) mass is 212 g/mol. The summed E-state index contributed by atoms with van der Waals surface area (Å²) < 4.78 is 0. The van der Waals surface area contributed by atoms with Gasteiger partial charge >= 0.3 is 0 Å². The van der Waals surface area contributed by atoms with Crippen LogP contribution in [0.3, 0.4) is 0 Å². The third-order valence-corrected chi connectivity index (χ3v) is 3.47. The quantitative estimate of drug-likeness (QED) is 0.849. The lowest BCUT2D eigenvalue weighted by molar-refractivity contribution is 0.609. The summed E-state index contributed by atoms with van der Waals surface area (Å²) in [7, 11) is 0. The largest absolute Gasteiger partial charge is 0.325 e. The minimum Gasteiger partial charge on any atom is -0.325 e. The molecule has 0 bridgehead atoms. The van der Waals surface area contributed by atoms with Crippen molar-refractivity contribution in [3.05, 3.63) is 42.1 Å². The van der Waals surface area contributed by atoms with Crippen LogP contribution in [0.5, 0.6) is 0 Å². The molecule has 2 N–H and O–H groups in total. The summed E-state index contributed by atoms with van der Waals surface area (Å²) in [5, 5.41) is 1.22. The molecule has 2 heteroatoms. The van der Waals surface area contributed by atoms with E-state index in [1.54, 1.807) is 0 Å². The number of aromatic nitrogens is 1. The number of nitrogens with two attached hydrogens (primary N) is 1. The van der Waals surface area contributed by atoms with E-state index < -0.39 is 0 Å². The zero-order chi connectivity index (χ0) is 11.0. The van der Waals surface area contributed by atoms with Gasteiger partial charge in [-0.2, -0.15) is 0 Å². The SMILES string of the molecule is NC1(CCc2ccc3ncccc3c2)CC1. The zero-order valence-electron chi connectivity index (χ0n) is 9.32. The van der Waals surface area contributed by atoms with E-state index in [-0.39, 0.29) is 5.54 Å². The Morgan fingerprint density at radius 1 is 1.25 bits per heavy atom. The molecule has 0 aliphatic heterocycles. The molecule has 0 spiro atoms. The number of nitrogens with zero attached hydrogens (tertiary/aromatic N) is 1. The highest BCUT2D eigenvalue weighted by Gasteiger charge is 2.37. The van der Waals surface area contributed by atoms with Crippen LogP contribution in [0.15, 0.2) is 36.5 Å². The first kappa shape index (κ1) is 9.79. The molecule has 0 radical (unpaired) electrons. The number of hydrogen-bond acceptors (Lipinski definition) is 2. The van der Waals surface area contributed by atoms with Gasteiger partial charge in [-0.1, -0.05) is 12.1 Å². The Morgan fingerprint density at radius 2 is 2.12 bits per heavy atom. The van der Waals surface area contributed by atoms with Crippen molar-refractivity contribution >= 4 is 10.9 Å². The fourth-order valence-electron chi connectivity index (χ4n) is 2.08. The number of hydrogen-bond donors (Lipinski definition) is 1. The normalized spacial score (nSPS) is 17.6. The summed E-state index contributed by atoms with van der Waals surface area (Å²) >= 11 is 0. The van der Waals surface area contributed by atoms with E-state index in [0.717, 1.165) is 18.4 Å².